The van der Waals surface area contributed by atoms with Crippen LogP contribution in [-0.4, -0.2) is 56.4 Å². The maximum absolute atomic E-state index is 12.4. The van der Waals surface area contributed by atoms with Gasteiger partial charge >= 0.3 is 18.1 Å². The van der Waals surface area contributed by atoms with Crippen molar-refractivity contribution in [3.8, 4) is 0 Å². The van der Waals surface area contributed by atoms with E-state index >= 15 is 0 Å². The standard InChI is InChI=1S/C14H15ClF3NO6S/c1-26(23,24)9-4-2-8(3-5-9)12(21)10(7-25-11(20)6-15)19-13(22)14(16,17)18/h2-5,10,12,21H,6-7H2,1H3,(H,19,22). The van der Waals surface area contributed by atoms with Gasteiger partial charge in [-0.1, -0.05) is 12.1 Å². The number of hydrogen-bond acceptors (Lipinski definition) is 6. The van der Waals surface area contributed by atoms with Crippen molar-refractivity contribution in [3.63, 3.8) is 0 Å². The fraction of sp³-hybridized carbons (Fsp3) is 0.429. The predicted octanol–water partition coefficient (Wildman–Crippen LogP) is 0.953. The quantitative estimate of drug-likeness (QED) is 0.505. The lowest BCUT2D eigenvalue weighted by atomic mass is 10.0. The highest BCUT2D eigenvalue weighted by Gasteiger charge is 2.41. The molecular formula is C14H15ClF3NO6S. The molecule has 1 aromatic carbocycles. The van der Waals surface area contributed by atoms with Gasteiger partial charge in [0.05, 0.1) is 10.9 Å². The lowest BCUT2D eigenvalue weighted by molar-refractivity contribution is -0.176. The van der Waals surface area contributed by atoms with E-state index in [2.05, 4.69) is 4.74 Å². The molecule has 0 aliphatic carbocycles. The average Bonchev–Trinajstić information content (AvgIpc) is 2.55. The van der Waals surface area contributed by atoms with Crippen LogP contribution < -0.4 is 5.32 Å². The number of aliphatic hydroxyl groups excluding tert-OH is 1. The van der Waals surface area contributed by atoms with Crippen molar-refractivity contribution in [2.24, 2.45) is 0 Å². The average molecular weight is 418 g/mol. The Hall–Kier alpha value is -1.85. The van der Waals surface area contributed by atoms with E-state index in [1.54, 1.807) is 0 Å². The number of amides is 1. The Morgan fingerprint density at radius 2 is 1.81 bits per heavy atom. The van der Waals surface area contributed by atoms with Gasteiger partial charge in [0.15, 0.2) is 9.84 Å². The number of halogens is 4. The molecule has 0 aliphatic heterocycles. The van der Waals surface area contributed by atoms with E-state index < -0.39 is 52.5 Å². The van der Waals surface area contributed by atoms with E-state index in [-0.39, 0.29) is 10.5 Å². The van der Waals surface area contributed by atoms with Crippen LogP contribution in [0.2, 0.25) is 0 Å². The lowest BCUT2D eigenvalue weighted by Crippen LogP contribution is -2.48. The van der Waals surface area contributed by atoms with Crippen molar-refractivity contribution in [1.29, 1.82) is 0 Å². The minimum absolute atomic E-state index is 0.00629. The van der Waals surface area contributed by atoms with Gasteiger partial charge in [-0.3, -0.25) is 9.59 Å². The molecule has 7 nitrogen and oxygen atoms in total. The Bertz CT molecular complexity index is 751. The lowest BCUT2D eigenvalue weighted by Gasteiger charge is -2.24. The van der Waals surface area contributed by atoms with Crippen LogP contribution in [0, 0.1) is 0 Å². The van der Waals surface area contributed by atoms with Gasteiger partial charge in [-0.15, -0.1) is 11.6 Å². The largest absolute Gasteiger partial charge is 0.471 e. The zero-order valence-corrected chi connectivity index (χ0v) is 14.9. The molecular weight excluding hydrogens is 403 g/mol. The molecule has 0 saturated carbocycles. The highest BCUT2D eigenvalue weighted by molar-refractivity contribution is 7.90. The summed E-state index contributed by atoms with van der Waals surface area (Å²) in [5.74, 6) is -3.87. The van der Waals surface area contributed by atoms with E-state index in [1.165, 1.54) is 5.32 Å². The molecule has 2 atom stereocenters. The SMILES string of the molecule is CS(=O)(=O)c1ccc(C(O)C(COC(=O)CCl)NC(=O)C(F)(F)F)cc1. The Morgan fingerprint density at radius 1 is 1.27 bits per heavy atom. The maximum Gasteiger partial charge on any atom is 0.471 e. The molecule has 0 aromatic heterocycles. The number of carbonyl (C=O) groups is 2. The topological polar surface area (TPSA) is 110 Å². The number of benzene rings is 1. The molecule has 0 heterocycles. The van der Waals surface area contributed by atoms with Gasteiger partial charge in [-0.2, -0.15) is 13.2 Å². The van der Waals surface area contributed by atoms with Crippen LogP contribution in [0.3, 0.4) is 0 Å². The van der Waals surface area contributed by atoms with Crippen molar-refractivity contribution in [2.75, 3.05) is 18.7 Å². The summed E-state index contributed by atoms with van der Waals surface area (Å²) in [7, 11) is -3.51. The third-order valence-corrected chi connectivity index (χ3v) is 4.48. The molecule has 1 amide bonds. The van der Waals surface area contributed by atoms with Gasteiger partial charge in [-0.25, -0.2) is 8.42 Å². The molecule has 0 bridgehead atoms. The second-order valence-electron chi connectivity index (χ2n) is 5.18. The van der Waals surface area contributed by atoms with Crippen molar-refractivity contribution in [1.82, 2.24) is 5.32 Å². The number of rotatable bonds is 7. The first-order valence-corrected chi connectivity index (χ1v) is 9.36. The molecule has 0 fully saturated rings. The van der Waals surface area contributed by atoms with Gasteiger partial charge in [-0.05, 0) is 17.7 Å². The summed E-state index contributed by atoms with van der Waals surface area (Å²) < 4.78 is 64.7. The van der Waals surface area contributed by atoms with Gasteiger partial charge in [0.2, 0.25) is 0 Å². The van der Waals surface area contributed by atoms with Crippen LogP contribution in [0.4, 0.5) is 13.2 Å². The fourth-order valence-electron chi connectivity index (χ4n) is 1.83. The normalized spacial score (nSPS) is 14.4. The van der Waals surface area contributed by atoms with Gasteiger partial charge in [0.1, 0.15) is 18.6 Å². The van der Waals surface area contributed by atoms with Crippen molar-refractivity contribution in [2.45, 2.75) is 23.2 Å². The van der Waals surface area contributed by atoms with Crippen molar-refractivity contribution >= 4 is 33.3 Å². The Kier molecular flexibility index (Phi) is 7.42. The van der Waals surface area contributed by atoms with E-state index in [0.29, 0.717) is 0 Å². The third kappa shape index (κ3) is 6.46. The Balaban J connectivity index is 3.03. The minimum Gasteiger partial charge on any atom is -0.462 e. The highest BCUT2D eigenvalue weighted by atomic mass is 35.5. The molecule has 0 radical (unpaired) electrons. The van der Waals surface area contributed by atoms with E-state index in [0.717, 1.165) is 30.5 Å². The minimum atomic E-state index is -5.21. The number of carbonyl (C=O) groups excluding carboxylic acids is 2. The van der Waals surface area contributed by atoms with E-state index in [9.17, 15) is 36.3 Å². The van der Waals surface area contributed by atoms with Crippen molar-refractivity contribution in [3.05, 3.63) is 29.8 Å². The molecule has 0 aliphatic rings. The molecule has 1 aromatic rings. The van der Waals surface area contributed by atoms with Crippen LogP contribution in [0.15, 0.2) is 29.2 Å². The first kappa shape index (κ1) is 22.2. The summed E-state index contributed by atoms with van der Waals surface area (Å²) in [5, 5.41) is 11.7. The second kappa shape index (κ2) is 8.69. The van der Waals surface area contributed by atoms with E-state index in [1.807, 2.05) is 0 Å². The van der Waals surface area contributed by atoms with Gasteiger partial charge < -0.3 is 15.2 Å². The summed E-state index contributed by atoms with van der Waals surface area (Å²) in [6, 6.07) is 2.97. The number of aliphatic hydroxyl groups is 1. The summed E-state index contributed by atoms with van der Waals surface area (Å²) in [4.78, 5) is 22.1. The first-order valence-electron chi connectivity index (χ1n) is 6.93. The molecule has 12 heteroatoms. The number of sulfone groups is 1. The number of alkyl halides is 4. The maximum atomic E-state index is 12.4. The third-order valence-electron chi connectivity index (χ3n) is 3.14. The van der Waals surface area contributed by atoms with Crippen LogP contribution >= 0.6 is 11.6 Å². The zero-order chi connectivity index (χ0) is 20.1. The molecule has 2 unspecified atom stereocenters. The molecule has 0 spiro atoms. The Labute approximate surface area is 152 Å². The number of hydrogen-bond donors (Lipinski definition) is 2. The summed E-state index contributed by atoms with van der Waals surface area (Å²) in [6.07, 6.45) is -5.97. The number of ether oxygens (including phenoxy) is 1. The predicted molar refractivity (Wildman–Crippen MR) is 84.2 cm³/mol. The number of esters is 1. The highest BCUT2D eigenvalue weighted by Crippen LogP contribution is 2.22. The van der Waals surface area contributed by atoms with E-state index in [4.69, 9.17) is 11.6 Å². The molecule has 2 N–H and O–H groups in total. The monoisotopic (exact) mass is 417 g/mol. The molecule has 146 valence electrons. The Morgan fingerprint density at radius 3 is 2.23 bits per heavy atom. The molecule has 0 saturated heterocycles. The van der Waals surface area contributed by atoms with Crippen LogP contribution in [-0.2, 0) is 24.2 Å². The van der Waals surface area contributed by atoms with Crippen LogP contribution in [0.5, 0.6) is 0 Å². The molecule has 26 heavy (non-hydrogen) atoms. The zero-order valence-electron chi connectivity index (χ0n) is 13.3. The first-order chi connectivity index (χ1) is 11.9. The molecule has 1 rings (SSSR count). The van der Waals surface area contributed by atoms with Gasteiger partial charge in [0.25, 0.3) is 0 Å². The summed E-state index contributed by atoms with van der Waals surface area (Å²) in [5.41, 5.74) is 0.00629. The van der Waals surface area contributed by atoms with Crippen molar-refractivity contribution < 1.29 is 41.0 Å². The van der Waals surface area contributed by atoms with Gasteiger partial charge in [0, 0.05) is 6.26 Å². The smallest absolute Gasteiger partial charge is 0.462 e. The second-order valence-corrected chi connectivity index (χ2v) is 7.46. The van der Waals surface area contributed by atoms with Crippen LogP contribution in [0.1, 0.15) is 11.7 Å². The summed E-state index contributed by atoms with van der Waals surface area (Å²) >= 11 is 5.21. The fourth-order valence-corrected chi connectivity index (χ4v) is 2.54. The number of nitrogens with one attached hydrogen (secondary N) is 1. The summed E-state index contributed by atoms with van der Waals surface area (Å²) in [6.45, 7) is -0.775. The van der Waals surface area contributed by atoms with Crippen LogP contribution in [0.25, 0.3) is 0 Å².